The summed E-state index contributed by atoms with van der Waals surface area (Å²) in [6.45, 7) is -0.160. The van der Waals surface area contributed by atoms with Crippen LogP contribution < -0.4 is 0 Å². The van der Waals surface area contributed by atoms with Crippen LogP contribution in [-0.2, 0) is 14.6 Å². The maximum atomic E-state index is 10.0. The number of nitrogens with zero attached hydrogens (tertiary/aromatic N) is 1. The van der Waals surface area contributed by atoms with Gasteiger partial charge in [0.15, 0.2) is 0 Å². The van der Waals surface area contributed by atoms with Crippen LogP contribution in [0.25, 0.3) is 0 Å². The number of rotatable bonds is 5. The van der Waals surface area contributed by atoms with Gasteiger partial charge in [0.25, 0.3) is 0 Å². The van der Waals surface area contributed by atoms with Gasteiger partial charge in [-0.2, -0.15) is 8.42 Å². The molecule has 2 N–H and O–H groups in total. The molecule has 0 heterocycles. The second-order valence-corrected chi connectivity index (χ2v) is 3.72. The molecule has 6 nitrogen and oxygen atoms in total. The number of aliphatic hydroxyl groups is 1. The van der Waals surface area contributed by atoms with Gasteiger partial charge in [-0.15, -0.1) is 0 Å². The minimum atomic E-state index is -4.43. The van der Waals surface area contributed by atoms with Crippen LogP contribution in [0.4, 0.5) is 0 Å². The molecule has 0 aromatic rings. The molecule has 12 heavy (non-hydrogen) atoms. The van der Waals surface area contributed by atoms with Crippen LogP contribution in [0.5, 0.6) is 0 Å². The Hall–Kier alpha value is -0.210. The van der Waals surface area contributed by atoms with Crippen LogP contribution in [0, 0.1) is 0 Å². The Kier molecular flexibility index (Phi) is 4.64. The number of likely N-dealkylation sites (N-methyl/N-ethyl adjacent to an activating group) is 1. The highest BCUT2D eigenvalue weighted by Gasteiger charge is 2.10. The van der Waals surface area contributed by atoms with Crippen molar-refractivity contribution in [2.45, 2.75) is 6.10 Å². The van der Waals surface area contributed by atoms with Crippen LogP contribution in [0.15, 0.2) is 0 Å². The first-order valence-electron chi connectivity index (χ1n) is 3.26. The van der Waals surface area contributed by atoms with E-state index < -0.39 is 23.1 Å². The molecule has 74 valence electrons. The molecule has 0 saturated carbocycles. The standard InChI is InChI=1S/C5H13NO5S/c1-6(2)3-5(7)4-11-12(8,9)10/h5,7H,3-4H2,1-2H3,(H,8,9,10). The topological polar surface area (TPSA) is 87.1 Å². The molecule has 0 aliphatic heterocycles. The number of hydrogen-bond acceptors (Lipinski definition) is 5. The van der Waals surface area contributed by atoms with Crippen LogP contribution in [0.3, 0.4) is 0 Å². The van der Waals surface area contributed by atoms with E-state index in [0.717, 1.165) is 0 Å². The van der Waals surface area contributed by atoms with Gasteiger partial charge in [-0.05, 0) is 14.1 Å². The molecular weight excluding hydrogens is 186 g/mol. The van der Waals surface area contributed by atoms with Gasteiger partial charge in [0.1, 0.15) is 0 Å². The van der Waals surface area contributed by atoms with Gasteiger partial charge in [-0.25, -0.2) is 4.18 Å². The van der Waals surface area contributed by atoms with Crippen molar-refractivity contribution in [3.8, 4) is 0 Å². The van der Waals surface area contributed by atoms with Crippen molar-refractivity contribution < 1.29 is 22.3 Å². The number of aliphatic hydroxyl groups excluding tert-OH is 1. The molecule has 0 bridgehead atoms. The van der Waals surface area contributed by atoms with E-state index in [4.69, 9.17) is 9.66 Å². The summed E-state index contributed by atoms with van der Waals surface area (Å²) in [6.07, 6.45) is -0.929. The zero-order valence-corrected chi connectivity index (χ0v) is 7.78. The highest BCUT2D eigenvalue weighted by molar-refractivity contribution is 7.80. The molecule has 0 aliphatic carbocycles. The lowest BCUT2D eigenvalue weighted by Crippen LogP contribution is -2.30. The Morgan fingerprint density at radius 2 is 2.00 bits per heavy atom. The summed E-state index contributed by atoms with van der Waals surface area (Å²) >= 11 is 0. The van der Waals surface area contributed by atoms with Crippen LogP contribution in [0.2, 0.25) is 0 Å². The van der Waals surface area contributed by atoms with E-state index in [1.807, 2.05) is 0 Å². The maximum Gasteiger partial charge on any atom is 0.397 e. The number of hydrogen-bond donors (Lipinski definition) is 2. The largest absolute Gasteiger partial charge is 0.397 e. The van der Waals surface area contributed by atoms with Gasteiger partial charge in [-0.1, -0.05) is 0 Å². The third-order valence-corrected chi connectivity index (χ3v) is 1.42. The zero-order chi connectivity index (χ0) is 9.78. The molecule has 0 radical (unpaired) electrons. The van der Waals surface area contributed by atoms with Crippen molar-refractivity contribution in [3.05, 3.63) is 0 Å². The molecule has 0 aliphatic rings. The lowest BCUT2D eigenvalue weighted by molar-refractivity contribution is 0.0799. The van der Waals surface area contributed by atoms with E-state index in [2.05, 4.69) is 4.18 Å². The summed E-state index contributed by atoms with van der Waals surface area (Å²) in [5.41, 5.74) is 0. The van der Waals surface area contributed by atoms with Crippen molar-refractivity contribution in [2.24, 2.45) is 0 Å². The predicted octanol–water partition coefficient (Wildman–Crippen LogP) is -1.27. The summed E-state index contributed by atoms with van der Waals surface area (Å²) < 4.78 is 32.1. The average Bonchev–Trinajstić information content (AvgIpc) is 1.80. The van der Waals surface area contributed by atoms with Crippen LogP contribution >= 0.6 is 0 Å². The van der Waals surface area contributed by atoms with Crippen molar-refractivity contribution in [1.29, 1.82) is 0 Å². The maximum absolute atomic E-state index is 10.0. The van der Waals surface area contributed by atoms with E-state index in [1.54, 1.807) is 19.0 Å². The quantitative estimate of drug-likeness (QED) is 0.537. The molecular formula is C5H13NO5S. The Morgan fingerprint density at radius 1 is 1.50 bits per heavy atom. The molecule has 0 amide bonds. The van der Waals surface area contributed by atoms with Gasteiger partial charge < -0.3 is 10.0 Å². The first-order chi connectivity index (χ1) is 5.31. The molecule has 0 aromatic heterocycles. The smallest absolute Gasteiger partial charge is 0.389 e. The minimum Gasteiger partial charge on any atom is -0.389 e. The molecule has 0 aromatic carbocycles. The van der Waals surface area contributed by atoms with Crippen molar-refractivity contribution in [1.82, 2.24) is 4.90 Å². The highest BCUT2D eigenvalue weighted by atomic mass is 32.3. The van der Waals surface area contributed by atoms with Crippen LogP contribution in [0.1, 0.15) is 0 Å². The normalized spacial score (nSPS) is 15.1. The molecule has 7 heteroatoms. The summed E-state index contributed by atoms with van der Waals surface area (Å²) in [5.74, 6) is 0. The average molecular weight is 199 g/mol. The second-order valence-electron chi connectivity index (χ2n) is 2.63. The third kappa shape index (κ3) is 7.89. The van der Waals surface area contributed by atoms with Crippen molar-refractivity contribution in [2.75, 3.05) is 27.2 Å². The van der Waals surface area contributed by atoms with Gasteiger partial charge in [0.2, 0.25) is 0 Å². The molecule has 1 atom stereocenters. The van der Waals surface area contributed by atoms with E-state index in [1.165, 1.54) is 0 Å². The molecule has 0 fully saturated rings. The lowest BCUT2D eigenvalue weighted by atomic mass is 10.4. The fourth-order valence-electron chi connectivity index (χ4n) is 0.639. The minimum absolute atomic E-state index is 0.273. The Labute approximate surface area is 71.7 Å². The fraction of sp³-hybridized carbons (Fsp3) is 1.00. The van der Waals surface area contributed by atoms with Gasteiger partial charge in [0.05, 0.1) is 12.7 Å². The van der Waals surface area contributed by atoms with E-state index in [0.29, 0.717) is 0 Å². The summed E-state index contributed by atoms with van der Waals surface area (Å²) in [7, 11) is -0.996. The van der Waals surface area contributed by atoms with Gasteiger partial charge in [0, 0.05) is 6.54 Å². The Morgan fingerprint density at radius 3 is 2.33 bits per heavy atom. The first-order valence-corrected chi connectivity index (χ1v) is 4.62. The Balaban J connectivity index is 3.65. The third-order valence-electron chi connectivity index (χ3n) is 0.985. The Bertz CT molecular complexity index is 212. The van der Waals surface area contributed by atoms with Crippen LogP contribution in [-0.4, -0.2) is 56.3 Å². The SMILES string of the molecule is CN(C)CC(O)COS(=O)(=O)O. The lowest BCUT2D eigenvalue weighted by Gasteiger charge is -2.14. The predicted molar refractivity (Wildman–Crippen MR) is 42.1 cm³/mol. The molecule has 1 unspecified atom stereocenters. The molecule has 0 saturated heterocycles. The fourth-order valence-corrected chi connectivity index (χ4v) is 0.968. The monoisotopic (exact) mass is 199 g/mol. The summed E-state index contributed by atoms with van der Waals surface area (Å²) in [4.78, 5) is 1.66. The summed E-state index contributed by atoms with van der Waals surface area (Å²) in [5, 5.41) is 9.04. The highest BCUT2D eigenvalue weighted by Crippen LogP contribution is 1.92. The van der Waals surface area contributed by atoms with Gasteiger partial charge in [-0.3, -0.25) is 4.55 Å². The second kappa shape index (κ2) is 4.73. The van der Waals surface area contributed by atoms with Crippen molar-refractivity contribution in [3.63, 3.8) is 0 Å². The molecule has 0 rings (SSSR count). The van der Waals surface area contributed by atoms with E-state index in [9.17, 15) is 8.42 Å². The van der Waals surface area contributed by atoms with Gasteiger partial charge >= 0.3 is 10.4 Å². The zero-order valence-electron chi connectivity index (χ0n) is 6.97. The van der Waals surface area contributed by atoms with E-state index in [-0.39, 0.29) is 6.54 Å². The van der Waals surface area contributed by atoms with Crippen molar-refractivity contribution >= 4 is 10.4 Å². The van der Waals surface area contributed by atoms with E-state index >= 15 is 0 Å². The first kappa shape index (κ1) is 11.8. The summed E-state index contributed by atoms with van der Waals surface area (Å²) in [6, 6.07) is 0. The molecule has 0 spiro atoms.